The lowest BCUT2D eigenvalue weighted by Crippen LogP contribution is -2.30. The van der Waals surface area contributed by atoms with E-state index in [1.54, 1.807) is 0 Å². The SMILES string of the molecule is CC(OC(=O)c1ccc(Cl)c(S(N)(=O)=O)c1)C(=O)Nc1ccccc1F. The summed E-state index contributed by atoms with van der Waals surface area (Å²) >= 11 is 5.74. The number of esters is 1. The molecule has 7 nitrogen and oxygen atoms in total. The molecule has 2 aromatic carbocycles. The van der Waals surface area contributed by atoms with Gasteiger partial charge in [0.1, 0.15) is 10.7 Å². The summed E-state index contributed by atoms with van der Waals surface area (Å²) in [7, 11) is -4.14. The zero-order chi connectivity index (χ0) is 19.5. The second-order valence-electron chi connectivity index (χ2n) is 5.21. The molecule has 3 N–H and O–H groups in total. The summed E-state index contributed by atoms with van der Waals surface area (Å²) in [5.41, 5.74) is -0.229. The number of amides is 1. The number of carbonyl (C=O) groups is 2. The largest absolute Gasteiger partial charge is 0.449 e. The highest BCUT2D eigenvalue weighted by atomic mass is 35.5. The van der Waals surface area contributed by atoms with Crippen LogP contribution in [-0.2, 0) is 19.6 Å². The van der Waals surface area contributed by atoms with E-state index in [4.69, 9.17) is 21.5 Å². The maximum Gasteiger partial charge on any atom is 0.338 e. The van der Waals surface area contributed by atoms with Crippen LogP contribution < -0.4 is 10.5 Å². The van der Waals surface area contributed by atoms with E-state index < -0.39 is 38.7 Å². The summed E-state index contributed by atoms with van der Waals surface area (Å²) in [6, 6.07) is 8.83. The van der Waals surface area contributed by atoms with Crippen molar-refractivity contribution in [2.24, 2.45) is 5.14 Å². The van der Waals surface area contributed by atoms with E-state index in [2.05, 4.69) is 5.32 Å². The van der Waals surface area contributed by atoms with Gasteiger partial charge in [0.2, 0.25) is 10.0 Å². The summed E-state index contributed by atoms with van der Waals surface area (Å²) in [4.78, 5) is 23.7. The van der Waals surface area contributed by atoms with Crippen molar-refractivity contribution in [3.8, 4) is 0 Å². The summed E-state index contributed by atoms with van der Waals surface area (Å²) in [5.74, 6) is -2.37. The molecule has 0 aliphatic rings. The molecule has 2 rings (SSSR count). The van der Waals surface area contributed by atoms with E-state index in [0.717, 1.165) is 12.1 Å². The molecule has 1 atom stereocenters. The highest BCUT2D eigenvalue weighted by Gasteiger charge is 2.22. The van der Waals surface area contributed by atoms with Crippen LogP contribution in [0.4, 0.5) is 10.1 Å². The molecule has 10 heteroatoms. The van der Waals surface area contributed by atoms with Gasteiger partial charge in [-0.05, 0) is 37.3 Å². The molecule has 0 radical (unpaired) electrons. The number of para-hydroxylation sites is 1. The average molecular weight is 401 g/mol. The van der Waals surface area contributed by atoms with Gasteiger partial charge in [-0.15, -0.1) is 0 Å². The molecule has 0 aliphatic heterocycles. The van der Waals surface area contributed by atoms with Crippen LogP contribution in [0, 0.1) is 5.82 Å². The number of nitrogens with one attached hydrogen (secondary N) is 1. The maximum absolute atomic E-state index is 13.5. The smallest absolute Gasteiger partial charge is 0.338 e. The quantitative estimate of drug-likeness (QED) is 0.747. The zero-order valence-corrected chi connectivity index (χ0v) is 15.0. The molecule has 26 heavy (non-hydrogen) atoms. The number of sulfonamides is 1. The molecule has 1 unspecified atom stereocenters. The van der Waals surface area contributed by atoms with Gasteiger partial charge in [-0.3, -0.25) is 4.79 Å². The van der Waals surface area contributed by atoms with Crippen LogP contribution in [0.15, 0.2) is 47.4 Å². The van der Waals surface area contributed by atoms with Crippen molar-refractivity contribution in [2.45, 2.75) is 17.9 Å². The van der Waals surface area contributed by atoms with Crippen LogP contribution in [0.1, 0.15) is 17.3 Å². The van der Waals surface area contributed by atoms with Gasteiger partial charge >= 0.3 is 5.97 Å². The molecule has 0 aliphatic carbocycles. The Kier molecular flexibility index (Phi) is 5.96. The first kappa shape index (κ1) is 19.8. The highest BCUT2D eigenvalue weighted by Crippen LogP contribution is 2.22. The van der Waals surface area contributed by atoms with Gasteiger partial charge in [-0.2, -0.15) is 0 Å². The second-order valence-corrected chi connectivity index (χ2v) is 7.14. The number of hydrogen-bond donors (Lipinski definition) is 2. The minimum atomic E-state index is -4.14. The Morgan fingerprint density at radius 1 is 1.23 bits per heavy atom. The molecular formula is C16H14ClFN2O5S. The summed E-state index contributed by atoms with van der Waals surface area (Å²) in [6.45, 7) is 1.28. The van der Waals surface area contributed by atoms with Gasteiger partial charge < -0.3 is 10.1 Å². The number of halogens is 2. The van der Waals surface area contributed by atoms with E-state index in [1.165, 1.54) is 37.3 Å². The highest BCUT2D eigenvalue weighted by molar-refractivity contribution is 7.89. The molecule has 0 fully saturated rings. The lowest BCUT2D eigenvalue weighted by molar-refractivity contribution is -0.123. The van der Waals surface area contributed by atoms with Gasteiger partial charge in [0.15, 0.2) is 6.10 Å². The molecule has 0 spiro atoms. The van der Waals surface area contributed by atoms with E-state index >= 15 is 0 Å². The molecule has 0 saturated carbocycles. The number of anilines is 1. The summed E-state index contributed by atoms with van der Waals surface area (Å²) in [6.07, 6.45) is -1.27. The van der Waals surface area contributed by atoms with Crippen molar-refractivity contribution >= 4 is 39.2 Å². The minimum absolute atomic E-state index is 0.0663. The monoisotopic (exact) mass is 400 g/mol. The van der Waals surface area contributed by atoms with E-state index in [-0.39, 0.29) is 16.3 Å². The van der Waals surface area contributed by atoms with Crippen LogP contribution in [0.2, 0.25) is 5.02 Å². The fraction of sp³-hybridized carbons (Fsp3) is 0.125. The van der Waals surface area contributed by atoms with Crippen molar-refractivity contribution < 1.29 is 27.1 Å². The molecule has 0 aromatic heterocycles. The fourth-order valence-electron chi connectivity index (χ4n) is 1.93. The van der Waals surface area contributed by atoms with Crippen molar-refractivity contribution in [1.82, 2.24) is 0 Å². The Labute approximate surface area is 154 Å². The number of ether oxygens (including phenoxy) is 1. The zero-order valence-electron chi connectivity index (χ0n) is 13.4. The van der Waals surface area contributed by atoms with Gasteiger partial charge in [-0.25, -0.2) is 22.7 Å². The average Bonchev–Trinajstić information content (AvgIpc) is 2.56. The fourth-order valence-corrected chi connectivity index (χ4v) is 3.00. The molecule has 1 amide bonds. The van der Waals surface area contributed by atoms with Crippen LogP contribution in [-0.4, -0.2) is 26.4 Å². The maximum atomic E-state index is 13.5. The molecular weight excluding hydrogens is 387 g/mol. The number of nitrogens with two attached hydrogens (primary N) is 1. The van der Waals surface area contributed by atoms with Crippen LogP contribution >= 0.6 is 11.6 Å². The Bertz CT molecular complexity index is 965. The molecule has 138 valence electrons. The van der Waals surface area contributed by atoms with Gasteiger partial charge in [0.05, 0.1) is 16.3 Å². The van der Waals surface area contributed by atoms with Crippen molar-refractivity contribution in [3.63, 3.8) is 0 Å². The Hall–Kier alpha value is -2.49. The number of primary sulfonamides is 1. The lowest BCUT2D eigenvalue weighted by atomic mass is 10.2. The Balaban J connectivity index is 2.12. The number of rotatable bonds is 5. The third-order valence-electron chi connectivity index (χ3n) is 3.26. The number of hydrogen-bond acceptors (Lipinski definition) is 5. The predicted molar refractivity (Wildman–Crippen MR) is 92.7 cm³/mol. The first-order valence-electron chi connectivity index (χ1n) is 7.18. The predicted octanol–water partition coefficient (Wildman–Crippen LogP) is 2.31. The second kappa shape index (κ2) is 7.81. The molecule has 0 heterocycles. The van der Waals surface area contributed by atoms with Crippen LogP contribution in [0.25, 0.3) is 0 Å². The molecule has 2 aromatic rings. The van der Waals surface area contributed by atoms with E-state index in [0.29, 0.717) is 0 Å². The Morgan fingerprint density at radius 3 is 2.50 bits per heavy atom. The first-order valence-corrected chi connectivity index (χ1v) is 9.10. The molecule has 0 saturated heterocycles. The van der Waals surface area contributed by atoms with Gasteiger partial charge in [-0.1, -0.05) is 23.7 Å². The normalized spacial score (nSPS) is 12.3. The topological polar surface area (TPSA) is 116 Å². The van der Waals surface area contributed by atoms with E-state index in [9.17, 15) is 22.4 Å². The van der Waals surface area contributed by atoms with Gasteiger partial charge in [0, 0.05) is 0 Å². The van der Waals surface area contributed by atoms with Crippen molar-refractivity contribution in [1.29, 1.82) is 0 Å². The number of carbonyl (C=O) groups excluding carboxylic acids is 2. The lowest BCUT2D eigenvalue weighted by Gasteiger charge is -2.14. The van der Waals surface area contributed by atoms with Crippen molar-refractivity contribution in [2.75, 3.05) is 5.32 Å². The van der Waals surface area contributed by atoms with E-state index in [1.807, 2.05) is 0 Å². The summed E-state index contributed by atoms with van der Waals surface area (Å²) < 4.78 is 41.4. The van der Waals surface area contributed by atoms with Crippen molar-refractivity contribution in [3.05, 3.63) is 58.9 Å². The third-order valence-corrected chi connectivity index (χ3v) is 4.65. The van der Waals surface area contributed by atoms with Crippen LogP contribution in [0.5, 0.6) is 0 Å². The Morgan fingerprint density at radius 2 is 1.88 bits per heavy atom. The molecule has 0 bridgehead atoms. The van der Waals surface area contributed by atoms with Gasteiger partial charge in [0.25, 0.3) is 5.91 Å². The standard InChI is InChI=1S/C16H14ClFN2O5S/c1-9(15(21)20-13-5-3-2-4-12(13)18)25-16(22)10-6-7-11(17)14(8-10)26(19,23)24/h2-9H,1H3,(H,20,21)(H2,19,23,24). The first-order chi connectivity index (χ1) is 12.1. The minimum Gasteiger partial charge on any atom is -0.449 e. The van der Waals surface area contributed by atoms with Crippen LogP contribution in [0.3, 0.4) is 0 Å². The third kappa shape index (κ3) is 4.78. The number of benzene rings is 2. The summed E-state index contributed by atoms with van der Waals surface area (Å²) in [5, 5.41) is 7.14.